The molecule has 1 N–H and O–H groups in total. The van der Waals surface area contributed by atoms with Gasteiger partial charge in [-0.3, -0.25) is 9.59 Å². The van der Waals surface area contributed by atoms with Crippen molar-refractivity contribution < 1.29 is 28.2 Å². The van der Waals surface area contributed by atoms with Gasteiger partial charge in [0.1, 0.15) is 17.3 Å². The standard InChI is InChI=1S/C27H27FN2O5/c1-33-15-14-30-25(17-8-10-18(28)11-9-17)24(20-6-4-5-7-21(20)27(30)32)26(31)29-22-13-12-19(34-2)16-23(22)35-3/h4-13,16,24-25H,14-15H2,1-3H3,(H,29,31)/t24-,25+/m1/s1. The Kier molecular flexibility index (Phi) is 7.31. The largest absolute Gasteiger partial charge is 0.497 e. The molecule has 0 spiro atoms. The molecule has 1 aliphatic heterocycles. The molecule has 0 radical (unpaired) electrons. The quantitative estimate of drug-likeness (QED) is 0.519. The molecule has 2 amide bonds. The summed E-state index contributed by atoms with van der Waals surface area (Å²) in [6.07, 6.45) is 0. The van der Waals surface area contributed by atoms with Crippen LogP contribution in [-0.2, 0) is 9.53 Å². The Morgan fingerprint density at radius 2 is 1.74 bits per heavy atom. The Labute approximate surface area is 203 Å². The van der Waals surface area contributed by atoms with Crippen LogP contribution in [0.1, 0.15) is 33.4 Å². The minimum absolute atomic E-state index is 0.210. The van der Waals surface area contributed by atoms with Gasteiger partial charge in [-0.25, -0.2) is 4.39 Å². The number of benzene rings is 3. The molecule has 0 aliphatic carbocycles. The zero-order valence-corrected chi connectivity index (χ0v) is 19.8. The van der Waals surface area contributed by atoms with Gasteiger partial charge in [0, 0.05) is 25.3 Å². The van der Waals surface area contributed by atoms with E-state index in [0.29, 0.717) is 33.9 Å². The van der Waals surface area contributed by atoms with Gasteiger partial charge in [-0.15, -0.1) is 0 Å². The van der Waals surface area contributed by atoms with Gasteiger partial charge >= 0.3 is 0 Å². The van der Waals surface area contributed by atoms with Crippen molar-refractivity contribution in [3.8, 4) is 11.5 Å². The number of ether oxygens (including phenoxy) is 3. The van der Waals surface area contributed by atoms with Crippen LogP contribution in [0.3, 0.4) is 0 Å². The molecule has 0 aromatic heterocycles. The fraction of sp³-hybridized carbons (Fsp3) is 0.259. The predicted molar refractivity (Wildman–Crippen MR) is 129 cm³/mol. The highest BCUT2D eigenvalue weighted by Crippen LogP contribution is 2.43. The third-order valence-corrected chi connectivity index (χ3v) is 6.14. The maximum Gasteiger partial charge on any atom is 0.254 e. The van der Waals surface area contributed by atoms with E-state index in [1.54, 1.807) is 73.7 Å². The van der Waals surface area contributed by atoms with Crippen molar-refractivity contribution in [3.05, 3.63) is 89.2 Å². The fourth-order valence-electron chi connectivity index (χ4n) is 4.45. The van der Waals surface area contributed by atoms with Crippen LogP contribution in [-0.4, -0.2) is 51.2 Å². The van der Waals surface area contributed by atoms with Crippen LogP contribution in [0.5, 0.6) is 11.5 Å². The summed E-state index contributed by atoms with van der Waals surface area (Å²) >= 11 is 0. The Morgan fingerprint density at radius 3 is 2.43 bits per heavy atom. The van der Waals surface area contributed by atoms with Crippen LogP contribution in [0.2, 0.25) is 0 Å². The topological polar surface area (TPSA) is 77.1 Å². The van der Waals surface area contributed by atoms with Crippen LogP contribution in [0.4, 0.5) is 10.1 Å². The normalized spacial score (nSPS) is 17.0. The van der Waals surface area contributed by atoms with E-state index in [-0.39, 0.29) is 25.0 Å². The summed E-state index contributed by atoms with van der Waals surface area (Å²) < 4.78 is 29.7. The van der Waals surface area contributed by atoms with Crippen LogP contribution in [0.25, 0.3) is 0 Å². The lowest BCUT2D eigenvalue weighted by atomic mass is 9.79. The molecule has 0 saturated heterocycles. The first-order valence-electron chi connectivity index (χ1n) is 11.2. The lowest BCUT2D eigenvalue weighted by Crippen LogP contribution is -2.47. The zero-order valence-electron chi connectivity index (χ0n) is 19.8. The zero-order chi connectivity index (χ0) is 24.9. The molecule has 3 aromatic rings. The van der Waals surface area contributed by atoms with E-state index in [9.17, 15) is 14.0 Å². The molecular weight excluding hydrogens is 451 g/mol. The van der Waals surface area contributed by atoms with E-state index < -0.39 is 17.8 Å². The molecule has 1 aliphatic rings. The first-order valence-corrected chi connectivity index (χ1v) is 11.2. The van der Waals surface area contributed by atoms with E-state index in [1.165, 1.54) is 19.2 Å². The monoisotopic (exact) mass is 478 g/mol. The molecule has 0 bridgehead atoms. The Balaban J connectivity index is 1.82. The minimum Gasteiger partial charge on any atom is -0.497 e. The Morgan fingerprint density at radius 1 is 1.00 bits per heavy atom. The second-order valence-electron chi connectivity index (χ2n) is 8.11. The van der Waals surface area contributed by atoms with Crippen molar-refractivity contribution in [1.29, 1.82) is 0 Å². The van der Waals surface area contributed by atoms with Crippen LogP contribution in [0.15, 0.2) is 66.7 Å². The SMILES string of the molecule is COCCN1C(=O)c2ccccc2[C@@H](C(=O)Nc2ccc(OC)cc2OC)[C@@H]1c1ccc(F)cc1. The molecule has 0 saturated carbocycles. The number of hydrogen-bond donors (Lipinski definition) is 1. The third kappa shape index (κ3) is 4.83. The molecule has 4 rings (SSSR count). The predicted octanol–water partition coefficient (Wildman–Crippen LogP) is 4.41. The number of hydrogen-bond acceptors (Lipinski definition) is 5. The highest BCUT2D eigenvalue weighted by molar-refractivity contribution is 6.04. The second kappa shape index (κ2) is 10.6. The number of amides is 2. The molecule has 35 heavy (non-hydrogen) atoms. The van der Waals surface area contributed by atoms with Crippen molar-refractivity contribution in [2.24, 2.45) is 0 Å². The van der Waals surface area contributed by atoms with Gasteiger partial charge in [0.25, 0.3) is 5.91 Å². The van der Waals surface area contributed by atoms with E-state index in [1.807, 2.05) is 0 Å². The number of nitrogens with zero attached hydrogens (tertiary/aromatic N) is 1. The van der Waals surface area contributed by atoms with Gasteiger partial charge in [-0.2, -0.15) is 0 Å². The highest BCUT2D eigenvalue weighted by atomic mass is 19.1. The van der Waals surface area contributed by atoms with E-state index in [2.05, 4.69) is 5.32 Å². The molecule has 1 heterocycles. The fourth-order valence-corrected chi connectivity index (χ4v) is 4.45. The van der Waals surface area contributed by atoms with Crippen molar-refractivity contribution >= 4 is 17.5 Å². The number of anilines is 1. The average molecular weight is 479 g/mol. The number of nitrogens with one attached hydrogen (secondary N) is 1. The van der Waals surface area contributed by atoms with Crippen LogP contribution >= 0.6 is 0 Å². The molecule has 0 unspecified atom stereocenters. The van der Waals surface area contributed by atoms with Crippen molar-refractivity contribution in [2.45, 2.75) is 12.0 Å². The first kappa shape index (κ1) is 24.2. The van der Waals surface area contributed by atoms with Gasteiger partial charge < -0.3 is 24.4 Å². The Bertz CT molecular complexity index is 1210. The summed E-state index contributed by atoms with van der Waals surface area (Å²) in [6.45, 7) is 0.549. The smallest absolute Gasteiger partial charge is 0.254 e. The third-order valence-electron chi connectivity index (χ3n) is 6.14. The van der Waals surface area contributed by atoms with Gasteiger partial charge in [0.15, 0.2) is 0 Å². The molecule has 0 fully saturated rings. The van der Waals surface area contributed by atoms with Crippen molar-refractivity contribution in [3.63, 3.8) is 0 Å². The molecular formula is C27H27FN2O5. The summed E-state index contributed by atoms with van der Waals surface area (Å²) in [4.78, 5) is 29.0. The molecule has 3 aromatic carbocycles. The maximum atomic E-state index is 13.9. The lowest BCUT2D eigenvalue weighted by Gasteiger charge is -2.41. The lowest BCUT2D eigenvalue weighted by molar-refractivity contribution is -0.119. The number of halogens is 1. The van der Waals surface area contributed by atoms with Gasteiger partial charge in [0.2, 0.25) is 5.91 Å². The van der Waals surface area contributed by atoms with Gasteiger partial charge in [-0.1, -0.05) is 30.3 Å². The summed E-state index contributed by atoms with van der Waals surface area (Å²) in [7, 11) is 4.60. The van der Waals surface area contributed by atoms with Crippen molar-refractivity contribution in [1.82, 2.24) is 4.90 Å². The van der Waals surface area contributed by atoms with E-state index >= 15 is 0 Å². The number of fused-ring (bicyclic) bond motifs is 1. The molecule has 182 valence electrons. The van der Waals surface area contributed by atoms with Crippen LogP contribution < -0.4 is 14.8 Å². The van der Waals surface area contributed by atoms with Crippen molar-refractivity contribution in [2.75, 3.05) is 39.8 Å². The number of rotatable bonds is 8. The van der Waals surface area contributed by atoms with E-state index in [0.717, 1.165) is 0 Å². The summed E-state index contributed by atoms with van der Waals surface area (Å²) in [6, 6.07) is 17.4. The van der Waals surface area contributed by atoms with Crippen LogP contribution in [0, 0.1) is 5.82 Å². The number of methoxy groups -OCH3 is 3. The molecule has 2 atom stereocenters. The van der Waals surface area contributed by atoms with E-state index in [4.69, 9.17) is 14.2 Å². The highest BCUT2D eigenvalue weighted by Gasteiger charge is 2.44. The van der Waals surface area contributed by atoms with Gasteiger partial charge in [-0.05, 0) is 41.5 Å². The summed E-state index contributed by atoms with van der Waals surface area (Å²) in [5.41, 5.74) is 2.16. The average Bonchev–Trinajstić information content (AvgIpc) is 2.88. The van der Waals surface area contributed by atoms with Gasteiger partial charge in [0.05, 0.1) is 38.5 Å². The summed E-state index contributed by atoms with van der Waals surface area (Å²) in [5, 5.41) is 2.96. The summed E-state index contributed by atoms with van der Waals surface area (Å²) in [5.74, 6) is -0.680. The number of carbonyl (C=O) groups excluding carboxylic acids is 2. The minimum atomic E-state index is -0.766. The Hall–Kier alpha value is -3.91. The maximum absolute atomic E-state index is 13.9. The second-order valence-corrected chi connectivity index (χ2v) is 8.11. The number of carbonyl (C=O) groups is 2. The molecule has 7 nitrogen and oxygen atoms in total. The molecule has 8 heteroatoms. The first-order chi connectivity index (χ1) is 17.0.